The minimum absolute atomic E-state index is 0.300. The predicted molar refractivity (Wildman–Crippen MR) is 86.9 cm³/mol. The molecule has 114 valence electrons. The van der Waals surface area contributed by atoms with Crippen LogP contribution in [0.1, 0.15) is 56.4 Å². The third-order valence-electron chi connectivity index (χ3n) is 6.15. The molecular weight excluding hydrogens is 256 g/mol. The van der Waals surface area contributed by atoms with E-state index in [1.54, 1.807) is 0 Å². The molecule has 0 saturated heterocycles. The quantitative estimate of drug-likeness (QED) is 0.830. The van der Waals surface area contributed by atoms with Gasteiger partial charge in [0.1, 0.15) is 0 Å². The van der Waals surface area contributed by atoms with Gasteiger partial charge in [-0.15, -0.1) is 0 Å². The number of hydrogen-bond donors (Lipinski definition) is 2. The van der Waals surface area contributed by atoms with Gasteiger partial charge in [0.2, 0.25) is 0 Å². The van der Waals surface area contributed by atoms with Gasteiger partial charge in [-0.2, -0.15) is 0 Å². The van der Waals surface area contributed by atoms with Crippen molar-refractivity contribution in [2.45, 2.75) is 62.4 Å². The lowest BCUT2D eigenvalue weighted by atomic mass is 9.53. The molecule has 21 heavy (non-hydrogen) atoms. The van der Waals surface area contributed by atoms with Crippen LogP contribution in [0.15, 0.2) is 30.3 Å². The van der Waals surface area contributed by atoms with Crippen LogP contribution < -0.4 is 11.5 Å². The highest BCUT2D eigenvalue weighted by atomic mass is 14.8. The molecule has 2 nitrogen and oxygen atoms in total. The molecule has 5 aliphatic carbocycles. The first kappa shape index (κ1) is 13.8. The van der Waals surface area contributed by atoms with Crippen molar-refractivity contribution in [3.63, 3.8) is 0 Å². The van der Waals surface area contributed by atoms with E-state index >= 15 is 0 Å². The smallest absolute Gasteiger partial charge is 0.0162 e. The first-order valence-electron chi connectivity index (χ1n) is 8.71. The second-order valence-corrected chi connectivity index (χ2v) is 8.20. The fraction of sp³-hybridized carbons (Fsp3) is 0.684. The lowest BCUT2D eigenvalue weighted by Crippen LogP contribution is -2.55. The first-order chi connectivity index (χ1) is 10.1. The number of nitrogens with two attached hydrogens (primary N) is 2. The standard InChI is InChI=1S/C10H17N.C9H11N/c11-10-4-7-1-8(5-10)3-9(2-7)6-10;10-9-6-8(9)7-4-2-1-3-5-7/h7-9H,1-6,11H2;1-5,8-9H,6,10H2/t;8-,9+/m.0/s1. The summed E-state index contributed by atoms with van der Waals surface area (Å²) in [6.45, 7) is 0. The molecule has 5 saturated carbocycles. The summed E-state index contributed by atoms with van der Waals surface area (Å²) in [5.41, 5.74) is 13.7. The maximum Gasteiger partial charge on any atom is 0.0162 e. The van der Waals surface area contributed by atoms with Crippen molar-refractivity contribution >= 4 is 0 Å². The summed E-state index contributed by atoms with van der Waals surface area (Å²) >= 11 is 0. The molecule has 1 aromatic rings. The first-order valence-corrected chi connectivity index (χ1v) is 8.71. The monoisotopic (exact) mass is 284 g/mol. The summed E-state index contributed by atoms with van der Waals surface area (Å²) < 4.78 is 0. The zero-order valence-corrected chi connectivity index (χ0v) is 12.9. The summed E-state index contributed by atoms with van der Waals surface area (Å²) in [5, 5.41) is 0. The molecule has 0 heterocycles. The van der Waals surface area contributed by atoms with Gasteiger partial charge in [-0.25, -0.2) is 0 Å². The van der Waals surface area contributed by atoms with Crippen LogP contribution in [0.25, 0.3) is 0 Å². The van der Waals surface area contributed by atoms with Gasteiger partial charge in [0.25, 0.3) is 0 Å². The molecule has 0 unspecified atom stereocenters. The third-order valence-corrected chi connectivity index (χ3v) is 6.15. The van der Waals surface area contributed by atoms with Crippen LogP contribution in [0, 0.1) is 17.8 Å². The summed E-state index contributed by atoms with van der Waals surface area (Å²) in [6.07, 6.45) is 9.74. The molecule has 6 rings (SSSR count). The Morgan fingerprint density at radius 3 is 1.67 bits per heavy atom. The highest BCUT2D eigenvalue weighted by Crippen LogP contribution is 2.54. The van der Waals surface area contributed by atoms with E-state index < -0.39 is 0 Å². The van der Waals surface area contributed by atoms with Gasteiger partial charge in [0, 0.05) is 17.5 Å². The van der Waals surface area contributed by atoms with Gasteiger partial charge in [-0.1, -0.05) is 30.3 Å². The third kappa shape index (κ3) is 2.89. The lowest BCUT2D eigenvalue weighted by Gasteiger charge is -2.55. The normalized spacial score (nSPS) is 45.9. The zero-order chi connectivity index (χ0) is 14.4. The SMILES string of the molecule is NC12CC3CC(CC(C3)C1)C2.N[C@@H]1C[C@H]1c1ccccc1. The van der Waals surface area contributed by atoms with Crippen molar-refractivity contribution in [3.05, 3.63) is 35.9 Å². The fourth-order valence-corrected chi connectivity index (χ4v) is 5.48. The maximum atomic E-state index is 6.32. The minimum atomic E-state index is 0.300. The number of rotatable bonds is 1. The molecule has 0 aromatic heterocycles. The molecule has 2 heteroatoms. The highest BCUT2D eigenvalue weighted by molar-refractivity contribution is 5.26. The van der Waals surface area contributed by atoms with Crippen LogP contribution in [0.5, 0.6) is 0 Å². The second kappa shape index (κ2) is 5.10. The summed E-state index contributed by atoms with van der Waals surface area (Å²) in [7, 11) is 0. The molecule has 5 fully saturated rings. The Hall–Kier alpha value is -0.860. The second-order valence-electron chi connectivity index (χ2n) is 8.20. The minimum Gasteiger partial charge on any atom is -0.327 e. The predicted octanol–water partition coefficient (Wildman–Crippen LogP) is 3.42. The van der Waals surface area contributed by atoms with Crippen LogP contribution in [0.4, 0.5) is 0 Å². The Labute approximate surface area is 128 Å². The van der Waals surface area contributed by atoms with E-state index in [2.05, 4.69) is 24.3 Å². The number of benzene rings is 1. The van der Waals surface area contributed by atoms with Crippen molar-refractivity contribution in [2.24, 2.45) is 29.2 Å². The van der Waals surface area contributed by atoms with Crippen molar-refractivity contribution in [1.29, 1.82) is 0 Å². The zero-order valence-electron chi connectivity index (χ0n) is 12.9. The van der Waals surface area contributed by atoms with Crippen molar-refractivity contribution in [2.75, 3.05) is 0 Å². The Morgan fingerprint density at radius 1 is 0.810 bits per heavy atom. The Morgan fingerprint density at radius 2 is 1.29 bits per heavy atom. The molecule has 4 N–H and O–H groups in total. The molecule has 5 aliphatic rings. The molecule has 1 aromatic carbocycles. The van der Waals surface area contributed by atoms with E-state index in [-0.39, 0.29) is 0 Å². The maximum absolute atomic E-state index is 6.32. The van der Waals surface area contributed by atoms with E-state index in [1.165, 1.54) is 50.5 Å². The largest absolute Gasteiger partial charge is 0.327 e. The summed E-state index contributed by atoms with van der Waals surface area (Å²) in [4.78, 5) is 0. The van der Waals surface area contributed by atoms with Gasteiger partial charge >= 0.3 is 0 Å². The molecular formula is C19H28N2. The molecule has 0 aliphatic heterocycles. The van der Waals surface area contributed by atoms with Gasteiger partial charge in [0.15, 0.2) is 0 Å². The van der Waals surface area contributed by atoms with Gasteiger partial charge in [0.05, 0.1) is 0 Å². The van der Waals surface area contributed by atoms with Crippen LogP contribution in [-0.4, -0.2) is 11.6 Å². The van der Waals surface area contributed by atoms with Crippen LogP contribution >= 0.6 is 0 Å². The van der Waals surface area contributed by atoms with E-state index in [0.717, 1.165) is 17.8 Å². The van der Waals surface area contributed by atoms with E-state index in [4.69, 9.17) is 11.5 Å². The van der Waals surface area contributed by atoms with Gasteiger partial charge in [-0.05, 0) is 68.3 Å². The topological polar surface area (TPSA) is 52.0 Å². The van der Waals surface area contributed by atoms with E-state index in [0.29, 0.717) is 17.5 Å². The van der Waals surface area contributed by atoms with E-state index in [9.17, 15) is 0 Å². The molecule has 0 radical (unpaired) electrons. The van der Waals surface area contributed by atoms with Crippen LogP contribution in [-0.2, 0) is 0 Å². The number of hydrogen-bond acceptors (Lipinski definition) is 2. The molecule has 2 atom stereocenters. The molecule has 4 bridgehead atoms. The summed E-state index contributed by atoms with van der Waals surface area (Å²) in [5.74, 6) is 3.71. The summed E-state index contributed by atoms with van der Waals surface area (Å²) in [6, 6.07) is 10.9. The van der Waals surface area contributed by atoms with Gasteiger partial charge < -0.3 is 11.5 Å². The Balaban J connectivity index is 0.000000110. The fourth-order valence-electron chi connectivity index (χ4n) is 5.48. The molecule has 0 spiro atoms. The average molecular weight is 284 g/mol. The lowest BCUT2D eigenvalue weighted by molar-refractivity contribution is 0.000365. The van der Waals surface area contributed by atoms with Crippen molar-refractivity contribution in [3.8, 4) is 0 Å². The van der Waals surface area contributed by atoms with Crippen LogP contribution in [0.3, 0.4) is 0 Å². The molecule has 0 amide bonds. The van der Waals surface area contributed by atoms with Crippen molar-refractivity contribution in [1.82, 2.24) is 0 Å². The van der Waals surface area contributed by atoms with Gasteiger partial charge in [-0.3, -0.25) is 0 Å². The Bertz CT molecular complexity index is 460. The van der Waals surface area contributed by atoms with Crippen molar-refractivity contribution < 1.29 is 0 Å². The van der Waals surface area contributed by atoms with E-state index in [1.807, 2.05) is 6.07 Å². The average Bonchev–Trinajstić information content (AvgIpc) is 3.15. The highest BCUT2D eigenvalue weighted by Gasteiger charge is 2.48. The Kier molecular flexibility index (Phi) is 3.35. The van der Waals surface area contributed by atoms with Crippen LogP contribution in [0.2, 0.25) is 0 Å².